The molecule has 1 aliphatic heterocycles. The van der Waals surface area contributed by atoms with E-state index in [-0.39, 0.29) is 28.6 Å². The number of hydrogen-bond donors (Lipinski definition) is 2. The van der Waals surface area contributed by atoms with E-state index >= 15 is 0 Å². The molecule has 0 fully saturated rings. The summed E-state index contributed by atoms with van der Waals surface area (Å²) in [6.07, 6.45) is 1.62. The lowest BCUT2D eigenvalue weighted by molar-refractivity contribution is -0.749. The van der Waals surface area contributed by atoms with Crippen LogP contribution in [0.25, 0.3) is 10.2 Å². The average molecular weight is 356 g/mol. The summed E-state index contributed by atoms with van der Waals surface area (Å²) in [5.74, 6) is -0.877. The van der Waals surface area contributed by atoms with Gasteiger partial charge in [0.1, 0.15) is 11.3 Å². The molecule has 0 spiro atoms. The van der Waals surface area contributed by atoms with Crippen molar-refractivity contribution in [2.24, 2.45) is 5.10 Å². The standard InChI is InChI=1S/C16H13N5O3S/c1-9(18-8-17)14-11(7-13(22)24-2)20-21(15(14)23)16-19-10-5-3-4-6-12(10)25-16/h3-6,18H,7H2,1-2H3/p+1/b14-9+. The molecule has 2 aromatic rings. The van der Waals surface area contributed by atoms with Crippen molar-refractivity contribution < 1.29 is 19.3 Å². The Morgan fingerprint density at radius 2 is 2.20 bits per heavy atom. The number of quaternary nitrogens is 1. The van der Waals surface area contributed by atoms with E-state index in [0.29, 0.717) is 10.8 Å². The maximum absolute atomic E-state index is 12.8. The van der Waals surface area contributed by atoms with Gasteiger partial charge in [-0.2, -0.15) is 10.2 Å². The van der Waals surface area contributed by atoms with Crippen LogP contribution in [-0.2, 0) is 14.3 Å². The Hall–Kier alpha value is -3.09. The van der Waals surface area contributed by atoms with Crippen LogP contribution in [0.3, 0.4) is 0 Å². The third-order valence-corrected chi connectivity index (χ3v) is 4.67. The Kier molecular flexibility index (Phi) is 4.56. The molecule has 1 amide bonds. The SMILES string of the molecule is COC(=O)CC1=N[NH+](c2nc3ccccc3s2)C(=O)/C1=C(\C)NC#N. The third kappa shape index (κ3) is 3.13. The molecule has 2 heterocycles. The number of nitrogens with one attached hydrogen (secondary N) is 2. The Labute approximate surface area is 147 Å². The van der Waals surface area contributed by atoms with Crippen LogP contribution >= 0.6 is 11.3 Å². The van der Waals surface area contributed by atoms with Crippen LogP contribution in [0.1, 0.15) is 13.3 Å². The molecule has 1 aromatic carbocycles. The Bertz CT molecular complexity index is 937. The molecule has 1 aliphatic rings. The van der Waals surface area contributed by atoms with Gasteiger partial charge in [0, 0.05) is 5.70 Å². The van der Waals surface area contributed by atoms with Crippen LogP contribution < -0.4 is 10.3 Å². The van der Waals surface area contributed by atoms with Gasteiger partial charge in [0.15, 0.2) is 6.19 Å². The first-order chi connectivity index (χ1) is 12.0. The molecule has 0 aliphatic carbocycles. The molecule has 9 heteroatoms. The van der Waals surface area contributed by atoms with E-state index in [1.54, 1.807) is 13.1 Å². The van der Waals surface area contributed by atoms with Gasteiger partial charge < -0.3 is 4.74 Å². The van der Waals surface area contributed by atoms with Crippen molar-refractivity contribution in [3.05, 3.63) is 35.5 Å². The highest BCUT2D eigenvalue weighted by Crippen LogP contribution is 2.24. The van der Waals surface area contributed by atoms with E-state index in [9.17, 15) is 9.59 Å². The number of aromatic nitrogens is 1. The number of carbonyl (C=O) groups excluding carboxylic acids is 2. The summed E-state index contributed by atoms with van der Waals surface area (Å²) < 4.78 is 5.60. The fourth-order valence-corrected chi connectivity index (χ4v) is 3.43. The number of fused-ring (bicyclic) bond motifs is 1. The monoisotopic (exact) mass is 356 g/mol. The molecular weight excluding hydrogens is 342 g/mol. The largest absolute Gasteiger partial charge is 0.469 e. The highest BCUT2D eigenvalue weighted by Gasteiger charge is 2.41. The van der Waals surface area contributed by atoms with Gasteiger partial charge >= 0.3 is 17.0 Å². The van der Waals surface area contributed by atoms with Crippen LogP contribution in [0.2, 0.25) is 0 Å². The Balaban J connectivity index is 2.05. The summed E-state index contributed by atoms with van der Waals surface area (Å²) in [6, 6.07) is 7.53. The lowest BCUT2D eigenvalue weighted by Gasteiger charge is -2.02. The second kappa shape index (κ2) is 6.80. The lowest BCUT2D eigenvalue weighted by Crippen LogP contribution is -3.04. The van der Waals surface area contributed by atoms with Gasteiger partial charge in [0.2, 0.25) is 0 Å². The second-order valence-corrected chi connectivity index (χ2v) is 6.24. The number of amides is 1. The molecular formula is C16H14N5O3S+. The van der Waals surface area contributed by atoms with Gasteiger partial charge in [-0.05, 0) is 19.1 Å². The van der Waals surface area contributed by atoms with E-state index in [0.717, 1.165) is 10.2 Å². The first-order valence-electron chi connectivity index (χ1n) is 7.33. The molecule has 2 N–H and O–H groups in total. The van der Waals surface area contributed by atoms with E-state index in [1.807, 2.05) is 24.3 Å². The average Bonchev–Trinajstić information content (AvgIpc) is 3.15. The fraction of sp³-hybridized carbons (Fsp3) is 0.188. The summed E-state index contributed by atoms with van der Waals surface area (Å²) in [5.41, 5.74) is 1.59. The number of ether oxygens (including phenoxy) is 1. The van der Waals surface area contributed by atoms with Crippen LogP contribution in [0.4, 0.5) is 5.13 Å². The molecule has 0 saturated carbocycles. The number of nitriles is 1. The van der Waals surface area contributed by atoms with Crippen molar-refractivity contribution in [1.29, 1.82) is 5.26 Å². The number of hydrogen-bond acceptors (Lipinski definition) is 8. The third-order valence-electron chi connectivity index (χ3n) is 3.63. The molecule has 0 saturated heterocycles. The maximum Gasteiger partial charge on any atom is 0.381 e. The molecule has 126 valence electrons. The van der Waals surface area contributed by atoms with E-state index in [4.69, 9.17) is 5.26 Å². The number of nitrogens with zero attached hydrogens (tertiary/aromatic N) is 3. The molecule has 1 atom stereocenters. The van der Waals surface area contributed by atoms with Gasteiger partial charge in [-0.1, -0.05) is 33.6 Å². The van der Waals surface area contributed by atoms with Crippen molar-refractivity contribution >= 4 is 44.3 Å². The van der Waals surface area contributed by atoms with E-state index in [1.165, 1.54) is 18.4 Å². The van der Waals surface area contributed by atoms with Crippen molar-refractivity contribution in [1.82, 2.24) is 10.3 Å². The van der Waals surface area contributed by atoms with E-state index < -0.39 is 5.97 Å². The van der Waals surface area contributed by atoms with Crippen LogP contribution in [-0.4, -0.2) is 29.7 Å². The number of carbonyl (C=O) groups is 2. The summed E-state index contributed by atoms with van der Waals surface area (Å²) in [7, 11) is 1.27. The van der Waals surface area contributed by atoms with Crippen LogP contribution in [0, 0.1) is 11.5 Å². The zero-order chi connectivity index (χ0) is 18.0. The quantitative estimate of drug-likeness (QED) is 0.360. The summed E-state index contributed by atoms with van der Waals surface area (Å²) in [4.78, 5) is 28.9. The summed E-state index contributed by atoms with van der Waals surface area (Å²) in [5, 5.41) is 16.2. The Morgan fingerprint density at radius 1 is 1.44 bits per heavy atom. The zero-order valence-corrected chi connectivity index (χ0v) is 14.3. The normalized spacial score (nSPS) is 18.7. The molecule has 25 heavy (non-hydrogen) atoms. The number of thiazole rings is 1. The highest BCUT2D eigenvalue weighted by atomic mass is 32.1. The fourth-order valence-electron chi connectivity index (χ4n) is 2.48. The lowest BCUT2D eigenvalue weighted by atomic mass is 10.1. The van der Waals surface area contributed by atoms with Crippen molar-refractivity contribution in [3.8, 4) is 6.19 Å². The number of allylic oxidation sites excluding steroid dienone is 1. The van der Waals surface area contributed by atoms with Gasteiger partial charge in [-0.15, -0.1) is 0 Å². The number of esters is 1. The number of benzene rings is 1. The van der Waals surface area contributed by atoms with Crippen LogP contribution in [0.15, 0.2) is 40.6 Å². The minimum absolute atomic E-state index is 0.156. The molecule has 8 nitrogen and oxygen atoms in total. The summed E-state index contributed by atoms with van der Waals surface area (Å²) in [6.45, 7) is 1.59. The van der Waals surface area contributed by atoms with Gasteiger partial charge in [0.25, 0.3) is 0 Å². The van der Waals surface area contributed by atoms with Gasteiger partial charge in [-0.25, -0.2) is 4.79 Å². The zero-order valence-electron chi connectivity index (χ0n) is 13.5. The minimum Gasteiger partial charge on any atom is -0.469 e. The topological polar surface area (TPSA) is 109 Å². The molecule has 3 rings (SSSR count). The number of rotatable bonds is 4. The molecule has 1 unspecified atom stereocenters. The van der Waals surface area contributed by atoms with E-state index in [2.05, 4.69) is 20.1 Å². The van der Waals surface area contributed by atoms with Gasteiger partial charge in [-0.3, -0.25) is 10.1 Å². The second-order valence-electron chi connectivity index (χ2n) is 5.21. The predicted octanol–water partition coefficient (Wildman–Crippen LogP) is 0.617. The van der Waals surface area contributed by atoms with Gasteiger partial charge in [0.05, 0.1) is 23.7 Å². The molecule has 0 radical (unpaired) electrons. The Morgan fingerprint density at radius 3 is 2.88 bits per heavy atom. The van der Waals surface area contributed by atoms with Crippen molar-refractivity contribution in [2.75, 3.05) is 7.11 Å². The van der Waals surface area contributed by atoms with Crippen molar-refractivity contribution in [2.45, 2.75) is 13.3 Å². The predicted molar refractivity (Wildman–Crippen MR) is 90.8 cm³/mol. The molecule has 0 bridgehead atoms. The molecule has 1 aromatic heterocycles. The first-order valence-corrected chi connectivity index (χ1v) is 8.15. The minimum atomic E-state index is -0.514. The van der Waals surface area contributed by atoms with Crippen molar-refractivity contribution in [3.63, 3.8) is 0 Å². The number of methoxy groups -OCH3 is 1. The van der Waals surface area contributed by atoms with Crippen LogP contribution in [0.5, 0.6) is 0 Å². The number of para-hydroxylation sites is 1. The smallest absolute Gasteiger partial charge is 0.381 e. The maximum atomic E-state index is 12.8. The summed E-state index contributed by atoms with van der Waals surface area (Å²) >= 11 is 1.35. The first kappa shape index (κ1) is 16.8. The highest BCUT2D eigenvalue weighted by molar-refractivity contribution is 7.21.